The van der Waals surface area contributed by atoms with Crippen LogP contribution in [0.3, 0.4) is 0 Å². The zero-order valence-corrected chi connectivity index (χ0v) is 16.4. The number of benzene rings is 2. The van der Waals surface area contributed by atoms with E-state index in [1.807, 2.05) is 49.4 Å². The van der Waals surface area contributed by atoms with E-state index in [9.17, 15) is 9.59 Å². The minimum Gasteiger partial charge on any atom is -0.355 e. The molecule has 0 aliphatic heterocycles. The first kappa shape index (κ1) is 19.7. The number of hydrogen-bond donors (Lipinski definition) is 3. The number of amides is 2. The highest BCUT2D eigenvalue weighted by molar-refractivity contribution is 9.10. The van der Waals surface area contributed by atoms with Crippen molar-refractivity contribution in [3.05, 3.63) is 58.1 Å². The van der Waals surface area contributed by atoms with Crippen LogP contribution in [0.1, 0.15) is 25.0 Å². The van der Waals surface area contributed by atoms with E-state index in [0.29, 0.717) is 0 Å². The summed E-state index contributed by atoms with van der Waals surface area (Å²) in [6.07, 6.45) is 1.49. The summed E-state index contributed by atoms with van der Waals surface area (Å²) in [5.41, 5.74) is 5.90. The van der Waals surface area contributed by atoms with Gasteiger partial charge in [-0.3, -0.25) is 9.59 Å². The fourth-order valence-electron chi connectivity index (χ4n) is 2.15. The summed E-state index contributed by atoms with van der Waals surface area (Å²) in [4.78, 5) is 23.3. The van der Waals surface area contributed by atoms with E-state index < -0.39 is 11.8 Å². The van der Waals surface area contributed by atoms with Gasteiger partial charge in [-0.15, -0.1) is 0 Å². The van der Waals surface area contributed by atoms with Gasteiger partial charge >= 0.3 is 11.8 Å². The molecular weight excluding hydrogens is 396 g/mol. The van der Waals surface area contributed by atoms with Crippen molar-refractivity contribution in [2.45, 2.75) is 26.8 Å². The molecule has 26 heavy (non-hydrogen) atoms. The second-order valence-electron chi connectivity index (χ2n) is 6.00. The molecule has 7 heteroatoms. The molecule has 2 aromatic rings. The second kappa shape index (κ2) is 9.15. The fraction of sp³-hybridized carbons (Fsp3) is 0.211. The highest BCUT2D eigenvalue weighted by Crippen LogP contribution is 2.25. The quantitative estimate of drug-likeness (QED) is 0.396. The molecule has 0 spiro atoms. The van der Waals surface area contributed by atoms with E-state index in [4.69, 9.17) is 0 Å². The summed E-state index contributed by atoms with van der Waals surface area (Å²) < 4.78 is 0.873. The highest BCUT2D eigenvalue weighted by Gasteiger charge is 2.13. The topological polar surface area (TPSA) is 82.6 Å². The molecule has 0 atom stereocenters. The third kappa shape index (κ3) is 5.70. The molecule has 0 unspecified atom stereocenters. The van der Waals surface area contributed by atoms with E-state index in [-0.39, 0.29) is 6.04 Å². The SMILES string of the molecule is Cc1ccccc1Nc1ccc(Br)cc1/C=N\NC(=O)C(=O)NC(C)C. The first-order valence-corrected chi connectivity index (χ1v) is 8.92. The maximum Gasteiger partial charge on any atom is 0.329 e. The van der Waals surface area contributed by atoms with Crippen LogP contribution in [-0.2, 0) is 9.59 Å². The molecule has 0 aliphatic carbocycles. The monoisotopic (exact) mass is 416 g/mol. The van der Waals surface area contributed by atoms with Crippen molar-refractivity contribution in [2.24, 2.45) is 5.10 Å². The van der Waals surface area contributed by atoms with E-state index >= 15 is 0 Å². The normalized spacial score (nSPS) is 10.8. The van der Waals surface area contributed by atoms with Crippen LogP contribution in [0, 0.1) is 6.92 Å². The molecule has 0 saturated heterocycles. The Morgan fingerprint density at radius 1 is 1.08 bits per heavy atom. The number of para-hydroxylation sites is 1. The smallest absolute Gasteiger partial charge is 0.329 e. The van der Waals surface area contributed by atoms with E-state index in [2.05, 4.69) is 37.1 Å². The predicted octanol–water partition coefficient (Wildman–Crippen LogP) is 3.48. The Hall–Kier alpha value is -2.67. The van der Waals surface area contributed by atoms with Crippen LogP contribution in [0.25, 0.3) is 0 Å². The molecule has 136 valence electrons. The molecule has 0 radical (unpaired) electrons. The van der Waals surface area contributed by atoms with Gasteiger partial charge in [-0.1, -0.05) is 34.1 Å². The van der Waals surface area contributed by atoms with Crippen molar-refractivity contribution in [1.29, 1.82) is 0 Å². The molecule has 3 N–H and O–H groups in total. The molecular formula is C19H21BrN4O2. The number of hydrazone groups is 1. The summed E-state index contributed by atoms with van der Waals surface area (Å²) in [6.45, 7) is 5.57. The van der Waals surface area contributed by atoms with Crippen molar-refractivity contribution in [2.75, 3.05) is 5.32 Å². The number of nitrogens with zero attached hydrogens (tertiary/aromatic N) is 1. The number of nitrogens with one attached hydrogen (secondary N) is 3. The first-order valence-electron chi connectivity index (χ1n) is 8.13. The zero-order valence-electron chi connectivity index (χ0n) is 14.8. The Morgan fingerprint density at radius 2 is 1.81 bits per heavy atom. The van der Waals surface area contributed by atoms with Crippen LogP contribution in [-0.4, -0.2) is 24.1 Å². The number of carbonyl (C=O) groups excluding carboxylic acids is 2. The third-order valence-corrected chi connectivity index (χ3v) is 3.92. The van der Waals surface area contributed by atoms with Gasteiger partial charge in [-0.25, -0.2) is 5.43 Å². The van der Waals surface area contributed by atoms with Gasteiger partial charge in [-0.05, 0) is 50.6 Å². The van der Waals surface area contributed by atoms with Gasteiger partial charge in [0.1, 0.15) is 0 Å². The molecule has 0 aliphatic rings. The fourth-order valence-corrected chi connectivity index (χ4v) is 2.53. The van der Waals surface area contributed by atoms with Crippen LogP contribution in [0.15, 0.2) is 52.0 Å². The Kier molecular flexibility index (Phi) is 6.91. The number of rotatable bonds is 5. The van der Waals surface area contributed by atoms with Crippen molar-refractivity contribution < 1.29 is 9.59 Å². The van der Waals surface area contributed by atoms with Crippen LogP contribution in [0.5, 0.6) is 0 Å². The van der Waals surface area contributed by atoms with Gasteiger partial charge in [0.2, 0.25) is 0 Å². The van der Waals surface area contributed by atoms with Crippen molar-refractivity contribution >= 4 is 45.3 Å². The standard InChI is InChI=1S/C19H21BrN4O2/c1-12(2)22-18(25)19(26)24-21-11-14-10-15(20)8-9-17(14)23-16-7-5-4-6-13(16)3/h4-12,23H,1-3H3,(H,22,25)(H,24,26)/b21-11-. The summed E-state index contributed by atoms with van der Waals surface area (Å²) in [6, 6.07) is 13.5. The van der Waals surface area contributed by atoms with Crippen molar-refractivity contribution in [3.8, 4) is 0 Å². The van der Waals surface area contributed by atoms with Gasteiger partial charge in [0, 0.05) is 27.5 Å². The third-order valence-electron chi connectivity index (χ3n) is 3.42. The van der Waals surface area contributed by atoms with Crippen LogP contribution in [0.2, 0.25) is 0 Å². The summed E-state index contributed by atoms with van der Waals surface area (Å²) in [5.74, 6) is -1.52. The molecule has 6 nitrogen and oxygen atoms in total. The van der Waals surface area contributed by atoms with Crippen LogP contribution in [0.4, 0.5) is 11.4 Å². The Balaban J connectivity index is 2.13. The van der Waals surface area contributed by atoms with Gasteiger partial charge in [0.05, 0.1) is 6.21 Å². The molecule has 2 amide bonds. The maximum atomic E-state index is 11.7. The van der Waals surface area contributed by atoms with E-state index in [0.717, 1.165) is 27.0 Å². The molecule has 0 heterocycles. The summed E-state index contributed by atoms with van der Waals surface area (Å²) in [5, 5.41) is 9.75. The second-order valence-corrected chi connectivity index (χ2v) is 6.91. The molecule has 0 saturated carbocycles. The largest absolute Gasteiger partial charge is 0.355 e. The maximum absolute atomic E-state index is 11.7. The first-order chi connectivity index (χ1) is 12.4. The lowest BCUT2D eigenvalue weighted by Gasteiger charge is -2.12. The number of aryl methyl sites for hydroxylation is 1. The number of carbonyl (C=O) groups is 2. The molecule has 2 rings (SSSR count). The Morgan fingerprint density at radius 3 is 2.50 bits per heavy atom. The number of anilines is 2. The lowest BCUT2D eigenvalue weighted by atomic mass is 10.1. The van der Waals surface area contributed by atoms with E-state index in [1.165, 1.54) is 6.21 Å². The highest BCUT2D eigenvalue weighted by atomic mass is 79.9. The minimum atomic E-state index is -0.807. The summed E-state index contributed by atoms with van der Waals surface area (Å²) in [7, 11) is 0. The van der Waals surface area contributed by atoms with Crippen LogP contribution < -0.4 is 16.1 Å². The lowest BCUT2D eigenvalue weighted by Crippen LogP contribution is -2.41. The predicted molar refractivity (Wildman–Crippen MR) is 108 cm³/mol. The van der Waals surface area contributed by atoms with Gasteiger partial charge in [0.25, 0.3) is 0 Å². The van der Waals surface area contributed by atoms with Crippen molar-refractivity contribution in [1.82, 2.24) is 10.7 Å². The molecule has 0 aromatic heterocycles. The van der Waals surface area contributed by atoms with E-state index in [1.54, 1.807) is 13.8 Å². The van der Waals surface area contributed by atoms with Gasteiger partial charge in [-0.2, -0.15) is 5.10 Å². The van der Waals surface area contributed by atoms with Gasteiger partial charge in [0.15, 0.2) is 0 Å². The number of hydrogen-bond acceptors (Lipinski definition) is 4. The minimum absolute atomic E-state index is 0.118. The van der Waals surface area contributed by atoms with Crippen LogP contribution >= 0.6 is 15.9 Å². The molecule has 0 fully saturated rings. The molecule has 2 aromatic carbocycles. The lowest BCUT2D eigenvalue weighted by molar-refractivity contribution is -0.139. The zero-order chi connectivity index (χ0) is 19.1. The average molecular weight is 417 g/mol. The summed E-state index contributed by atoms with van der Waals surface area (Å²) >= 11 is 3.43. The Labute approximate surface area is 161 Å². The van der Waals surface area contributed by atoms with Crippen molar-refractivity contribution in [3.63, 3.8) is 0 Å². The van der Waals surface area contributed by atoms with Gasteiger partial charge < -0.3 is 10.6 Å². The molecule has 0 bridgehead atoms. The number of halogens is 1. The average Bonchev–Trinajstić information content (AvgIpc) is 2.58. The Bertz CT molecular complexity index is 834.